The van der Waals surface area contributed by atoms with Crippen LogP contribution in [0.25, 0.3) is 11.1 Å². The fraction of sp³-hybridized carbons (Fsp3) is 0.176. The molecular formula is C17H15NO3. The van der Waals surface area contributed by atoms with E-state index in [1.165, 1.54) is 0 Å². The second kappa shape index (κ2) is 5.79. The highest BCUT2D eigenvalue weighted by Crippen LogP contribution is 2.21. The molecule has 0 radical (unpaired) electrons. The molecule has 0 saturated carbocycles. The zero-order chi connectivity index (χ0) is 14.7. The summed E-state index contributed by atoms with van der Waals surface area (Å²) in [6.07, 6.45) is 0.124. The van der Waals surface area contributed by atoms with Gasteiger partial charge in [-0.25, -0.2) is 4.98 Å². The van der Waals surface area contributed by atoms with Gasteiger partial charge in [-0.3, -0.25) is 4.79 Å². The number of benzene rings is 2. The van der Waals surface area contributed by atoms with E-state index >= 15 is 0 Å². The number of carbonyl (C=O) groups is 1. The molecule has 0 aliphatic rings. The van der Waals surface area contributed by atoms with Gasteiger partial charge in [0, 0.05) is 0 Å². The fourth-order valence-electron chi connectivity index (χ4n) is 2.21. The lowest BCUT2D eigenvalue weighted by Crippen LogP contribution is -2.07. The molecule has 0 spiro atoms. The summed E-state index contributed by atoms with van der Waals surface area (Å²) in [5, 5.41) is 0. The first-order valence-electron chi connectivity index (χ1n) is 6.87. The fourth-order valence-corrected chi connectivity index (χ4v) is 2.21. The van der Waals surface area contributed by atoms with Gasteiger partial charge in [-0.15, -0.1) is 0 Å². The van der Waals surface area contributed by atoms with Gasteiger partial charge in [0.1, 0.15) is 11.3 Å². The summed E-state index contributed by atoms with van der Waals surface area (Å²) in [4.78, 5) is 16.7. The Morgan fingerprint density at radius 1 is 1.14 bits per heavy atom. The third kappa shape index (κ3) is 2.79. The van der Waals surface area contributed by atoms with Gasteiger partial charge in [-0.05, 0) is 31.2 Å². The van der Waals surface area contributed by atoms with Gasteiger partial charge in [0.15, 0.2) is 11.4 Å². The standard InChI is InChI=1S/C17H15NO3/c1-2-20-15-9-5-3-7-12(15)14(19)11-17-18-13-8-4-6-10-16(13)21-17/h3-10H,2,11H2,1H3. The number of oxazole rings is 1. The van der Waals surface area contributed by atoms with Crippen molar-refractivity contribution in [2.45, 2.75) is 13.3 Å². The summed E-state index contributed by atoms with van der Waals surface area (Å²) in [5.74, 6) is 0.958. The third-order valence-electron chi connectivity index (χ3n) is 3.14. The van der Waals surface area contributed by atoms with Gasteiger partial charge in [0.05, 0.1) is 18.6 Å². The minimum Gasteiger partial charge on any atom is -0.493 e. The number of ether oxygens (including phenoxy) is 1. The lowest BCUT2D eigenvalue weighted by molar-refractivity contribution is 0.0982. The van der Waals surface area contributed by atoms with Gasteiger partial charge in [-0.1, -0.05) is 24.3 Å². The van der Waals surface area contributed by atoms with Crippen LogP contribution in [-0.2, 0) is 6.42 Å². The van der Waals surface area contributed by atoms with Gasteiger partial charge in [0.25, 0.3) is 0 Å². The topological polar surface area (TPSA) is 52.3 Å². The molecule has 0 aliphatic heterocycles. The molecule has 3 rings (SSSR count). The number of nitrogens with zero attached hydrogens (tertiary/aromatic N) is 1. The van der Waals surface area contributed by atoms with E-state index in [-0.39, 0.29) is 12.2 Å². The summed E-state index contributed by atoms with van der Waals surface area (Å²) in [5.41, 5.74) is 2.01. The molecule has 0 unspecified atom stereocenters. The molecule has 4 nitrogen and oxygen atoms in total. The average Bonchev–Trinajstić information content (AvgIpc) is 2.90. The number of ketones is 1. The minimum atomic E-state index is -0.0643. The number of Topliss-reactive ketones (excluding diaryl/α,β-unsaturated/α-hetero) is 1. The zero-order valence-electron chi connectivity index (χ0n) is 11.7. The Kier molecular flexibility index (Phi) is 3.69. The van der Waals surface area contributed by atoms with Crippen LogP contribution in [0, 0.1) is 0 Å². The van der Waals surface area contributed by atoms with Crippen molar-refractivity contribution in [2.24, 2.45) is 0 Å². The van der Waals surface area contributed by atoms with Crippen LogP contribution in [0.2, 0.25) is 0 Å². The van der Waals surface area contributed by atoms with Crippen LogP contribution >= 0.6 is 0 Å². The Hall–Kier alpha value is -2.62. The minimum absolute atomic E-state index is 0.0643. The van der Waals surface area contributed by atoms with Gasteiger partial charge in [0.2, 0.25) is 5.89 Å². The Balaban J connectivity index is 1.86. The molecule has 4 heteroatoms. The Labute approximate surface area is 122 Å². The predicted molar refractivity (Wildman–Crippen MR) is 79.7 cm³/mol. The summed E-state index contributed by atoms with van der Waals surface area (Å²) in [6, 6.07) is 14.7. The molecule has 21 heavy (non-hydrogen) atoms. The molecule has 1 aromatic heterocycles. The number of rotatable bonds is 5. The molecule has 1 heterocycles. The highest BCUT2D eigenvalue weighted by molar-refractivity contribution is 5.99. The molecule has 106 valence electrons. The van der Waals surface area contributed by atoms with Crippen molar-refractivity contribution in [3.63, 3.8) is 0 Å². The van der Waals surface area contributed by atoms with Crippen molar-refractivity contribution in [1.82, 2.24) is 4.98 Å². The van der Waals surface area contributed by atoms with E-state index in [1.54, 1.807) is 12.1 Å². The predicted octanol–water partition coefficient (Wildman–Crippen LogP) is 3.65. The summed E-state index contributed by atoms with van der Waals surface area (Å²) >= 11 is 0. The van der Waals surface area contributed by atoms with Crippen LogP contribution in [0.4, 0.5) is 0 Å². The van der Waals surface area contributed by atoms with E-state index in [9.17, 15) is 4.79 Å². The Morgan fingerprint density at radius 2 is 1.90 bits per heavy atom. The maximum atomic E-state index is 12.4. The van der Waals surface area contributed by atoms with Crippen LogP contribution in [-0.4, -0.2) is 17.4 Å². The van der Waals surface area contributed by atoms with Gasteiger partial charge in [-0.2, -0.15) is 0 Å². The van der Waals surface area contributed by atoms with Crippen molar-refractivity contribution in [1.29, 1.82) is 0 Å². The normalized spacial score (nSPS) is 10.7. The summed E-state index contributed by atoms with van der Waals surface area (Å²) < 4.78 is 11.1. The lowest BCUT2D eigenvalue weighted by Gasteiger charge is -2.07. The average molecular weight is 281 g/mol. The van der Waals surface area contributed by atoms with Crippen LogP contribution in [0.5, 0.6) is 5.75 Å². The van der Waals surface area contributed by atoms with Crippen molar-refractivity contribution in [3.8, 4) is 5.75 Å². The molecule has 0 N–H and O–H groups in total. The van der Waals surface area contributed by atoms with Gasteiger partial charge < -0.3 is 9.15 Å². The first kappa shape index (κ1) is 13.4. The number of hydrogen-bond acceptors (Lipinski definition) is 4. The highest BCUT2D eigenvalue weighted by atomic mass is 16.5. The smallest absolute Gasteiger partial charge is 0.203 e. The van der Waals surface area contributed by atoms with Gasteiger partial charge >= 0.3 is 0 Å². The molecule has 0 fully saturated rings. The quantitative estimate of drug-likeness (QED) is 0.670. The molecule has 0 aliphatic carbocycles. The van der Waals surface area contributed by atoms with Crippen molar-refractivity contribution in [2.75, 3.05) is 6.61 Å². The number of hydrogen-bond donors (Lipinski definition) is 0. The van der Waals surface area contributed by atoms with Crippen LogP contribution in [0.15, 0.2) is 52.9 Å². The number of fused-ring (bicyclic) bond motifs is 1. The molecule has 0 saturated heterocycles. The Morgan fingerprint density at radius 3 is 2.71 bits per heavy atom. The number of para-hydroxylation sites is 3. The molecule has 0 atom stereocenters. The van der Waals surface area contributed by atoms with E-state index in [0.29, 0.717) is 29.4 Å². The second-order valence-corrected chi connectivity index (χ2v) is 4.60. The Bertz CT molecular complexity index is 743. The van der Waals surface area contributed by atoms with E-state index in [4.69, 9.17) is 9.15 Å². The molecular weight excluding hydrogens is 266 g/mol. The maximum absolute atomic E-state index is 12.4. The first-order chi connectivity index (χ1) is 10.3. The van der Waals surface area contributed by atoms with Crippen molar-refractivity contribution < 1.29 is 13.9 Å². The van der Waals surface area contributed by atoms with E-state index in [1.807, 2.05) is 43.3 Å². The molecule has 3 aromatic rings. The van der Waals surface area contributed by atoms with Crippen LogP contribution < -0.4 is 4.74 Å². The summed E-state index contributed by atoms with van der Waals surface area (Å²) in [7, 11) is 0. The highest BCUT2D eigenvalue weighted by Gasteiger charge is 2.16. The van der Waals surface area contributed by atoms with Crippen molar-refractivity contribution >= 4 is 16.9 Å². The van der Waals surface area contributed by atoms with Crippen molar-refractivity contribution in [3.05, 3.63) is 60.0 Å². The monoisotopic (exact) mass is 281 g/mol. The third-order valence-corrected chi connectivity index (χ3v) is 3.14. The SMILES string of the molecule is CCOc1ccccc1C(=O)Cc1nc2ccccc2o1. The second-order valence-electron chi connectivity index (χ2n) is 4.60. The molecule has 0 bridgehead atoms. The van der Waals surface area contributed by atoms with Crippen LogP contribution in [0.3, 0.4) is 0 Å². The molecule has 0 amide bonds. The lowest BCUT2D eigenvalue weighted by atomic mass is 10.1. The first-order valence-corrected chi connectivity index (χ1v) is 6.87. The van der Waals surface area contributed by atoms with E-state index in [0.717, 1.165) is 5.52 Å². The largest absolute Gasteiger partial charge is 0.493 e. The van der Waals surface area contributed by atoms with Crippen LogP contribution in [0.1, 0.15) is 23.2 Å². The summed E-state index contributed by atoms with van der Waals surface area (Å²) in [6.45, 7) is 2.41. The molecule has 2 aromatic carbocycles. The maximum Gasteiger partial charge on any atom is 0.203 e. The number of aromatic nitrogens is 1. The van der Waals surface area contributed by atoms with E-state index in [2.05, 4.69) is 4.98 Å². The number of carbonyl (C=O) groups excluding carboxylic acids is 1. The zero-order valence-corrected chi connectivity index (χ0v) is 11.7. The van der Waals surface area contributed by atoms with E-state index < -0.39 is 0 Å².